The van der Waals surface area contributed by atoms with E-state index in [0.29, 0.717) is 22.4 Å². The summed E-state index contributed by atoms with van der Waals surface area (Å²) in [6.45, 7) is 0.135. The molecule has 3 aromatic rings. The highest BCUT2D eigenvalue weighted by atomic mass is 16.6. The van der Waals surface area contributed by atoms with Crippen molar-refractivity contribution in [1.29, 1.82) is 10.5 Å². The number of nitro groups is 1. The number of benzene rings is 3. The van der Waals surface area contributed by atoms with Crippen LogP contribution in [0, 0.1) is 32.8 Å². The lowest BCUT2D eigenvalue weighted by Crippen LogP contribution is -2.13. The molecule has 0 saturated heterocycles. The molecule has 0 saturated carbocycles. The number of para-hydroxylation sites is 1. The predicted molar refractivity (Wildman–Crippen MR) is 117 cm³/mol. The van der Waals surface area contributed by atoms with E-state index in [9.17, 15) is 25.4 Å². The first kappa shape index (κ1) is 21.8. The fourth-order valence-electron chi connectivity index (χ4n) is 2.84. The first-order valence-electron chi connectivity index (χ1n) is 9.39. The standard InChI is InChI=1S/C24H16N4O4/c25-14-18-7-1-2-8-19(18)16-32-23-11-4-3-6-17(23)12-20(15-26)24(29)27-21-9-5-10-22(13-21)28(30)31/h1-13H,16H2,(H,27,29)/b20-12+. The lowest BCUT2D eigenvalue weighted by atomic mass is 10.1. The number of non-ortho nitro benzene ring substituents is 1. The van der Waals surface area contributed by atoms with Crippen molar-refractivity contribution in [2.45, 2.75) is 6.61 Å². The maximum Gasteiger partial charge on any atom is 0.271 e. The van der Waals surface area contributed by atoms with Crippen LogP contribution in [0.1, 0.15) is 16.7 Å². The van der Waals surface area contributed by atoms with E-state index in [0.717, 1.165) is 0 Å². The summed E-state index contributed by atoms with van der Waals surface area (Å²) < 4.78 is 5.84. The number of carbonyl (C=O) groups is 1. The van der Waals surface area contributed by atoms with Crippen molar-refractivity contribution in [3.8, 4) is 17.9 Å². The molecule has 156 valence electrons. The lowest BCUT2D eigenvalue weighted by molar-refractivity contribution is -0.384. The Hall–Kier alpha value is -4.95. The zero-order valence-electron chi connectivity index (χ0n) is 16.7. The number of anilines is 1. The molecule has 0 aliphatic carbocycles. The molecule has 32 heavy (non-hydrogen) atoms. The molecular formula is C24H16N4O4. The molecule has 0 aromatic heterocycles. The maximum atomic E-state index is 12.6. The molecule has 0 atom stereocenters. The van der Waals surface area contributed by atoms with Crippen LogP contribution in [-0.4, -0.2) is 10.8 Å². The number of nitrogens with zero attached hydrogens (tertiary/aromatic N) is 3. The second-order valence-electron chi connectivity index (χ2n) is 6.53. The molecular weight excluding hydrogens is 408 g/mol. The van der Waals surface area contributed by atoms with Crippen molar-refractivity contribution in [3.05, 3.63) is 105 Å². The Balaban J connectivity index is 1.81. The van der Waals surface area contributed by atoms with Gasteiger partial charge in [0, 0.05) is 28.9 Å². The summed E-state index contributed by atoms with van der Waals surface area (Å²) in [5.41, 5.74) is 1.51. The SMILES string of the molecule is N#C/C(=C\c1ccccc1OCc1ccccc1C#N)C(=O)Nc1cccc([N+](=O)[O-])c1. The molecule has 0 bridgehead atoms. The minimum absolute atomic E-state index is 0.135. The van der Waals surface area contributed by atoms with Gasteiger partial charge in [0.2, 0.25) is 0 Å². The number of nitrogens with one attached hydrogen (secondary N) is 1. The zero-order chi connectivity index (χ0) is 22.9. The molecule has 1 N–H and O–H groups in total. The van der Waals surface area contributed by atoms with Gasteiger partial charge < -0.3 is 10.1 Å². The van der Waals surface area contributed by atoms with Gasteiger partial charge in [0.05, 0.1) is 16.6 Å². The van der Waals surface area contributed by atoms with Crippen molar-refractivity contribution >= 4 is 23.4 Å². The summed E-state index contributed by atoms with van der Waals surface area (Å²) >= 11 is 0. The molecule has 0 spiro atoms. The van der Waals surface area contributed by atoms with Gasteiger partial charge in [-0.2, -0.15) is 10.5 Å². The highest BCUT2D eigenvalue weighted by molar-refractivity contribution is 6.09. The summed E-state index contributed by atoms with van der Waals surface area (Å²) in [7, 11) is 0. The fourth-order valence-corrected chi connectivity index (χ4v) is 2.84. The van der Waals surface area contributed by atoms with Crippen molar-refractivity contribution in [2.75, 3.05) is 5.32 Å². The predicted octanol–water partition coefficient (Wildman–Crippen LogP) is 4.59. The van der Waals surface area contributed by atoms with Crippen molar-refractivity contribution < 1.29 is 14.5 Å². The first-order valence-corrected chi connectivity index (χ1v) is 9.39. The van der Waals surface area contributed by atoms with Gasteiger partial charge in [-0.15, -0.1) is 0 Å². The van der Waals surface area contributed by atoms with Gasteiger partial charge in [0.15, 0.2) is 0 Å². The summed E-state index contributed by atoms with van der Waals surface area (Å²) in [6.07, 6.45) is 1.37. The highest BCUT2D eigenvalue weighted by Crippen LogP contribution is 2.24. The second kappa shape index (κ2) is 10.2. The molecule has 8 heteroatoms. The number of carbonyl (C=O) groups excluding carboxylic acids is 1. The third-order valence-corrected chi connectivity index (χ3v) is 4.42. The van der Waals surface area contributed by atoms with Crippen LogP contribution in [-0.2, 0) is 11.4 Å². The molecule has 0 heterocycles. The smallest absolute Gasteiger partial charge is 0.271 e. The van der Waals surface area contributed by atoms with Crippen LogP contribution >= 0.6 is 0 Å². The molecule has 0 fully saturated rings. The van der Waals surface area contributed by atoms with Gasteiger partial charge in [-0.1, -0.05) is 42.5 Å². The third kappa shape index (κ3) is 5.35. The summed E-state index contributed by atoms with van der Waals surface area (Å²) in [6, 6.07) is 23.3. The van der Waals surface area contributed by atoms with E-state index >= 15 is 0 Å². The van der Waals surface area contributed by atoms with Crippen LogP contribution < -0.4 is 10.1 Å². The second-order valence-corrected chi connectivity index (χ2v) is 6.53. The van der Waals surface area contributed by atoms with Gasteiger partial charge in [0.25, 0.3) is 11.6 Å². The number of nitro benzene ring substituents is 1. The Morgan fingerprint density at radius 2 is 1.81 bits per heavy atom. The van der Waals surface area contributed by atoms with Crippen LogP contribution in [0.4, 0.5) is 11.4 Å². The van der Waals surface area contributed by atoms with E-state index < -0.39 is 10.8 Å². The molecule has 0 radical (unpaired) electrons. The van der Waals surface area contributed by atoms with Crippen LogP contribution in [0.5, 0.6) is 5.75 Å². The monoisotopic (exact) mass is 424 g/mol. The number of amides is 1. The van der Waals surface area contributed by atoms with E-state index in [2.05, 4.69) is 11.4 Å². The number of hydrogen-bond donors (Lipinski definition) is 1. The van der Waals surface area contributed by atoms with Gasteiger partial charge in [-0.3, -0.25) is 14.9 Å². The van der Waals surface area contributed by atoms with E-state index in [1.165, 1.54) is 30.3 Å². The van der Waals surface area contributed by atoms with Gasteiger partial charge in [0.1, 0.15) is 24.0 Å². The largest absolute Gasteiger partial charge is 0.488 e. The van der Waals surface area contributed by atoms with Crippen molar-refractivity contribution in [1.82, 2.24) is 0 Å². The minimum Gasteiger partial charge on any atom is -0.488 e. The van der Waals surface area contributed by atoms with Crippen LogP contribution in [0.25, 0.3) is 6.08 Å². The molecule has 0 aliphatic heterocycles. The van der Waals surface area contributed by atoms with Crippen LogP contribution in [0.3, 0.4) is 0 Å². The number of hydrogen-bond acceptors (Lipinski definition) is 6. The van der Waals surface area contributed by atoms with Gasteiger partial charge >= 0.3 is 0 Å². The van der Waals surface area contributed by atoms with Crippen LogP contribution in [0.2, 0.25) is 0 Å². The van der Waals surface area contributed by atoms with Crippen LogP contribution in [0.15, 0.2) is 78.4 Å². The normalized spacial score (nSPS) is 10.5. The molecule has 1 amide bonds. The molecule has 3 aromatic carbocycles. The topological polar surface area (TPSA) is 129 Å². The molecule has 0 unspecified atom stereocenters. The third-order valence-electron chi connectivity index (χ3n) is 4.42. The first-order chi connectivity index (χ1) is 15.5. The van der Waals surface area contributed by atoms with Gasteiger partial charge in [-0.25, -0.2) is 0 Å². The van der Waals surface area contributed by atoms with Gasteiger partial charge in [-0.05, 0) is 24.3 Å². The average molecular weight is 424 g/mol. The van der Waals surface area contributed by atoms with E-state index in [-0.39, 0.29) is 23.6 Å². The average Bonchev–Trinajstić information content (AvgIpc) is 2.82. The van der Waals surface area contributed by atoms with E-state index in [1.54, 1.807) is 48.5 Å². The Morgan fingerprint density at radius 3 is 2.56 bits per heavy atom. The molecule has 8 nitrogen and oxygen atoms in total. The Labute approximate surface area is 183 Å². The van der Waals surface area contributed by atoms with Crippen molar-refractivity contribution in [2.24, 2.45) is 0 Å². The lowest BCUT2D eigenvalue weighted by Gasteiger charge is -2.11. The number of ether oxygens (including phenoxy) is 1. The maximum absolute atomic E-state index is 12.6. The Kier molecular flexibility index (Phi) is 6.93. The summed E-state index contributed by atoms with van der Waals surface area (Å²) in [5.74, 6) is -0.284. The zero-order valence-corrected chi connectivity index (χ0v) is 16.7. The Bertz CT molecular complexity index is 1290. The van der Waals surface area contributed by atoms with E-state index in [4.69, 9.17) is 4.74 Å². The Morgan fingerprint density at radius 1 is 1.06 bits per heavy atom. The fraction of sp³-hybridized carbons (Fsp3) is 0.0417. The quantitative estimate of drug-likeness (QED) is 0.256. The number of rotatable bonds is 7. The molecule has 3 rings (SSSR count). The molecule has 0 aliphatic rings. The summed E-state index contributed by atoms with van der Waals surface area (Å²) in [5, 5.41) is 32.1. The van der Waals surface area contributed by atoms with Crippen molar-refractivity contribution in [3.63, 3.8) is 0 Å². The number of nitriles is 2. The van der Waals surface area contributed by atoms with E-state index in [1.807, 2.05) is 6.07 Å². The summed E-state index contributed by atoms with van der Waals surface area (Å²) in [4.78, 5) is 22.9. The highest BCUT2D eigenvalue weighted by Gasteiger charge is 2.13. The minimum atomic E-state index is -0.711.